The molecule has 37 heavy (non-hydrogen) atoms. The van der Waals surface area contributed by atoms with Crippen LogP contribution in [-0.2, 0) is 32.1 Å². The number of hydrogen-bond acceptors (Lipinski definition) is 5. The Labute approximate surface area is 223 Å². The molecule has 3 aliphatic rings. The van der Waals surface area contributed by atoms with Gasteiger partial charge in [-0.2, -0.15) is 5.06 Å². The van der Waals surface area contributed by atoms with Crippen molar-refractivity contribution in [1.29, 1.82) is 0 Å². The molecule has 0 bridgehead atoms. The van der Waals surface area contributed by atoms with Crippen molar-refractivity contribution in [3.8, 4) is 11.8 Å². The number of primary amides is 1. The number of benzene rings is 2. The van der Waals surface area contributed by atoms with E-state index in [1.165, 1.54) is 5.56 Å². The fourth-order valence-corrected chi connectivity index (χ4v) is 4.66. The third-order valence-corrected chi connectivity index (χ3v) is 5.99. The van der Waals surface area contributed by atoms with Gasteiger partial charge in [-0.1, -0.05) is 102 Å². The van der Waals surface area contributed by atoms with Gasteiger partial charge in [0.15, 0.2) is 0 Å². The minimum Gasteiger partial charge on any atom is -0.461 e. The van der Waals surface area contributed by atoms with Crippen molar-refractivity contribution >= 4 is 12.4 Å². The highest BCUT2D eigenvalue weighted by Gasteiger charge is 2.58. The molecular formula is C31H44N2O4. The summed E-state index contributed by atoms with van der Waals surface area (Å²) in [5.74, 6) is 6.62. The number of nitrogens with two attached hydrogens (primary N) is 1. The number of nitrogens with zero attached hydrogens (tertiary/aromatic N) is 1. The van der Waals surface area contributed by atoms with E-state index in [1.807, 2.05) is 83.0 Å². The number of hydrogen-bond donors (Lipinski definition) is 1. The largest absolute Gasteiger partial charge is 0.461 e. The monoisotopic (exact) mass is 508 g/mol. The Bertz CT molecular complexity index is 983. The molecule has 6 nitrogen and oxygen atoms in total. The average Bonchev–Trinajstić information content (AvgIpc) is 3.50. The molecule has 0 aromatic heterocycles. The van der Waals surface area contributed by atoms with Crippen molar-refractivity contribution in [3.05, 3.63) is 71.3 Å². The third-order valence-electron chi connectivity index (χ3n) is 5.99. The van der Waals surface area contributed by atoms with Crippen LogP contribution in [-0.4, -0.2) is 35.7 Å². The van der Waals surface area contributed by atoms with Crippen LogP contribution in [0.2, 0.25) is 0 Å². The second kappa shape index (κ2) is 18.2. The molecule has 4 unspecified atom stereocenters. The van der Waals surface area contributed by atoms with E-state index in [0.717, 1.165) is 36.8 Å². The van der Waals surface area contributed by atoms with E-state index in [9.17, 15) is 4.79 Å². The predicted octanol–water partition coefficient (Wildman–Crippen LogP) is 5.67. The van der Waals surface area contributed by atoms with E-state index >= 15 is 0 Å². The highest BCUT2D eigenvalue weighted by Crippen LogP contribution is 2.45. The van der Waals surface area contributed by atoms with Crippen molar-refractivity contribution < 1.29 is 19.2 Å². The van der Waals surface area contributed by atoms with Crippen LogP contribution in [0.1, 0.15) is 77.5 Å². The standard InChI is InChI=1S/C24H23NO3.3C2H6.CH3NO/c26-24-23-22-20(27-24)14-7-15-21(22)28-25(23)16-19-12-5-4-11-18(19)13-6-10-17-8-2-1-3-9-17;3*1-2;2-1-3/h1-5,8-9,11-12,20-23H,7,10,14-16H2;3*1-2H3;1H,(H2,2,3). The van der Waals surface area contributed by atoms with E-state index in [1.54, 1.807) is 0 Å². The normalized spacial score (nSPS) is 22.3. The van der Waals surface area contributed by atoms with Crippen molar-refractivity contribution in [2.45, 2.75) is 92.0 Å². The predicted molar refractivity (Wildman–Crippen MR) is 149 cm³/mol. The smallest absolute Gasteiger partial charge is 0.326 e. The van der Waals surface area contributed by atoms with Crippen LogP contribution in [0.3, 0.4) is 0 Å². The fraction of sp³-hybridized carbons (Fsp3) is 0.484. The molecule has 2 aromatic rings. The number of esters is 1. The van der Waals surface area contributed by atoms with Crippen molar-refractivity contribution in [2.24, 2.45) is 11.7 Å². The Hall–Kier alpha value is -3.14. The summed E-state index contributed by atoms with van der Waals surface area (Å²) in [6.45, 7) is 12.6. The van der Waals surface area contributed by atoms with E-state index < -0.39 is 0 Å². The molecular weight excluding hydrogens is 464 g/mol. The summed E-state index contributed by atoms with van der Waals surface area (Å²) < 4.78 is 5.62. The Balaban J connectivity index is 0.000000685. The second-order valence-electron chi connectivity index (χ2n) is 7.90. The van der Waals surface area contributed by atoms with Gasteiger partial charge in [0.2, 0.25) is 6.41 Å². The van der Waals surface area contributed by atoms with Gasteiger partial charge in [-0.25, -0.2) is 0 Å². The number of amides is 1. The zero-order chi connectivity index (χ0) is 27.6. The molecule has 2 saturated heterocycles. The Kier molecular flexibility index (Phi) is 15.6. The molecule has 1 amide bonds. The first-order chi connectivity index (χ1) is 18.2. The van der Waals surface area contributed by atoms with Crippen LogP contribution < -0.4 is 5.73 Å². The maximum Gasteiger partial charge on any atom is 0.326 e. The van der Waals surface area contributed by atoms with Crippen molar-refractivity contribution in [1.82, 2.24) is 5.06 Å². The maximum atomic E-state index is 12.4. The number of carbonyl (C=O) groups excluding carboxylic acids is 2. The lowest BCUT2D eigenvalue weighted by Crippen LogP contribution is -2.36. The summed E-state index contributed by atoms with van der Waals surface area (Å²) in [6, 6.07) is 18.1. The van der Waals surface area contributed by atoms with Gasteiger partial charge in [-0.3, -0.25) is 14.4 Å². The molecule has 2 aromatic carbocycles. The molecule has 2 N–H and O–H groups in total. The minimum atomic E-state index is -0.277. The molecule has 2 aliphatic heterocycles. The van der Waals surface area contributed by atoms with Crippen LogP contribution in [0.25, 0.3) is 0 Å². The first kappa shape index (κ1) is 31.9. The lowest BCUT2D eigenvalue weighted by atomic mass is 9.82. The lowest BCUT2D eigenvalue weighted by molar-refractivity contribution is -0.195. The van der Waals surface area contributed by atoms with Gasteiger partial charge >= 0.3 is 5.97 Å². The number of hydroxylamine groups is 2. The fourth-order valence-electron chi connectivity index (χ4n) is 4.66. The summed E-state index contributed by atoms with van der Waals surface area (Å²) in [5.41, 5.74) is 7.44. The molecule has 2 heterocycles. The summed E-state index contributed by atoms with van der Waals surface area (Å²) in [7, 11) is 0. The molecule has 6 heteroatoms. The zero-order valence-corrected chi connectivity index (χ0v) is 23.3. The maximum absolute atomic E-state index is 12.4. The Morgan fingerprint density at radius 3 is 2.22 bits per heavy atom. The molecule has 0 radical (unpaired) electrons. The number of carbonyl (C=O) groups is 2. The Morgan fingerprint density at radius 2 is 1.54 bits per heavy atom. The first-order valence-corrected chi connectivity index (χ1v) is 13.6. The summed E-state index contributed by atoms with van der Waals surface area (Å²) in [6.07, 6.45) is 4.12. The molecule has 5 rings (SSSR count). The second-order valence-corrected chi connectivity index (χ2v) is 7.90. The van der Waals surface area contributed by atoms with Crippen LogP contribution in [0.15, 0.2) is 54.6 Å². The molecule has 4 atom stereocenters. The van der Waals surface area contributed by atoms with Crippen LogP contribution in [0.5, 0.6) is 0 Å². The van der Waals surface area contributed by atoms with E-state index in [2.05, 4.69) is 35.8 Å². The molecule has 1 aliphatic carbocycles. The van der Waals surface area contributed by atoms with Gasteiger partial charge < -0.3 is 10.5 Å². The summed E-state index contributed by atoms with van der Waals surface area (Å²) in [4.78, 5) is 27.2. The van der Waals surface area contributed by atoms with E-state index in [4.69, 9.17) is 14.4 Å². The Morgan fingerprint density at radius 1 is 0.946 bits per heavy atom. The van der Waals surface area contributed by atoms with Crippen molar-refractivity contribution in [2.75, 3.05) is 0 Å². The first-order valence-electron chi connectivity index (χ1n) is 13.6. The van der Waals surface area contributed by atoms with Crippen LogP contribution in [0, 0.1) is 17.8 Å². The van der Waals surface area contributed by atoms with Crippen LogP contribution in [0.4, 0.5) is 0 Å². The van der Waals surface area contributed by atoms with E-state index in [0.29, 0.717) is 6.54 Å². The number of ether oxygens (including phenoxy) is 1. The van der Waals surface area contributed by atoms with Gasteiger partial charge in [-0.15, -0.1) is 0 Å². The highest BCUT2D eigenvalue weighted by atomic mass is 16.7. The topological polar surface area (TPSA) is 81.9 Å². The molecule has 1 saturated carbocycles. The van der Waals surface area contributed by atoms with E-state index in [-0.39, 0.29) is 36.5 Å². The summed E-state index contributed by atoms with van der Waals surface area (Å²) >= 11 is 0. The molecule has 3 fully saturated rings. The van der Waals surface area contributed by atoms with Crippen LogP contribution >= 0.6 is 0 Å². The van der Waals surface area contributed by atoms with Gasteiger partial charge in [0, 0.05) is 12.0 Å². The van der Waals surface area contributed by atoms with Crippen molar-refractivity contribution in [3.63, 3.8) is 0 Å². The molecule has 202 valence electrons. The highest BCUT2D eigenvalue weighted by molar-refractivity contribution is 5.79. The average molecular weight is 509 g/mol. The third kappa shape index (κ3) is 8.73. The zero-order valence-electron chi connectivity index (χ0n) is 23.3. The lowest BCUT2D eigenvalue weighted by Gasteiger charge is -2.26. The quantitative estimate of drug-likeness (QED) is 0.328. The molecule has 0 spiro atoms. The van der Waals surface area contributed by atoms with Gasteiger partial charge in [-0.05, 0) is 36.5 Å². The van der Waals surface area contributed by atoms with Gasteiger partial charge in [0.05, 0.1) is 18.6 Å². The number of rotatable bonds is 3. The summed E-state index contributed by atoms with van der Waals surface area (Å²) in [5, 5.41) is 1.85. The SMILES string of the molecule is CC.CC.CC.NC=O.O=C1OC2CCCC3ON(Cc4ccccc4C#CCc4ccccc4)C1C23. The minimum absolute atomic E-state index is 0.0298. The van der Waals surface area contributed by atoms with Gasteiger partial charge in [0.1, 0.15) is 12.1 Å². The van der Waals surface area contributed by atoms with Gasteiger partial charge in [0.25, 0.3) is 0 Å².